The SMILES string of the molecule is CCCCCCCC(CCCCCCC)N(CCCC)C1(CC)COC1. The second kappa shape index (κ2) is 14.9. The summed E-state index contributed by atoms with van der Waals surface area (Å²) in [6, 6.07) is 0.786. The molecule has 0 aromatic heterocycles. The van der Waals surface area contributed by atoms with Crippen LogP contribution in [0.15, 0.2) is 0 Å². The molecule has 1 aliphatic rings. The van der Waals surface area contributed by atoms with Crippen LogP contribution in [0.5, 0.6) is 0 Å². The van der Waals surface area contributed by atoms with Crippen molar-refractivity contribution in [3.05, 3.63) is 0 Å². The summed E-state index contributed by atoms with van der Waals surface area (Å²) in [4.78, 5) is 2.92. The number of hydrogen-bond acceptors (Lipinski definition) is 2. The summed E-state index contributed by atoms with van der Waals surface area (Å²) < 4.78 is 5.71. The molecule has 1 fully saturated rings. The van der Waals surface area contributed by atoms with Crippen molar-refractivity contribution in [3.63, 3.8) is 0 Å². The topological polar surface area (TPSA) is 12.5 Å². The van der Waals surface area contributed by atoms with E-state index in [-0.39, 0.29) is 0 Å². The van der Waals surface area contributed by atoms with Gasteiger partial charge in [-0.1, -0.05) is 98.3 Å². The Morgan fingerprint density at radius 2 is 1.19 bits per heavy atom. The van der Waals surface area contributed by atoms with Crippen molar-refractivity contribution >= 4 is 0 Å². The van der Waals surface area contributed by atoms with Gasteiger partial charge in [0.25, 0.3) is 0 Å². The molecule has 0 N–H and O–H groups in total. The Kier molecular flexibility index (Phi) is 13.7. The van der Waals surface area contributed by atoms with Gasteiger partial charge in [0.15, 0.2) is 0 Å². The third-order valence-corrected chi connectivity index (χ3v) is 6.48. The van der Waals surface area contributed by atoms with Gasteiger partial charge in [-0.2, -0.15) is 0 Å². The molecule has 1 aliphatic heterocycles. The van der Waals surface area contributed by atoms with E-state index in [2.05, 4.69) is 32.6 Å². The maximum Gasteiger partial charge on any atom is 0.0678 e. The fourth-order valence-corrected chi connectivity index (χ4v) is 4.47. The van der Waals surface area contributed by atoms with Crippen LogP contribution in [-0.2, 0) is 4.74 Å². The third-order valence-electron chi connectivity index (χ3n) is 6.48. The fourth-order valence-electron chi connectivity index (χ4n) is 4.47. The Balaban J connectivity index is 2.62. The monoisotopic (exact) mass is 367 g/mol. The molecule has 1 rings (SSSR count). The zero-order valence-corrected chi connectivity index (χ0v) is 18.7. The largest absolute Gasteiger partial charge is 0.377 e. The summed E-state index contributed by atoms with van der Waals surface area (Å²) >= 11 is 0. The van der Waals surface area contributed by atoms with Gasteiger partial charge in [0.1, 0.15) is 0 Å². The standard InChI is InChI=1S/C24H49NO/c1-5-9-12-14-16-18-23(19-17-15-13-10-6-2)25(20-11-7-3)24(8-4)21-26-22-24/h23H,5-22H2,1-4H3. The normalized spacial score (nSPS) is 16.4. The van der Waals surface area contributed by atoms with Gasteiger partial charge in [-0.25, -0.2) is 0 Å². The number of unbranched alkanes of at least 4 members (excludes halogenated alkanes) is 9. The average Bonchev–Trinajstić information content (AvgIpc) is 2.62. The Hall–Kier alpha value is -0.0800. The number of hydrogen-bond donors (Lipinski definition) is 0. The van der Waals surface area contributed by atoms with Crippen molar-refractivity contribution in [2.45, 2.75) is 136 Å². The van der Waals surface area contributed by atoms with E-state index >= 15 is 0 Å². The number of rotatable bonds is 18. The highest BCUT2D eigenvalue weighted by Crippen LogP contribution is 2.34. The first-order chi connectivity index (χ1) is 12.7. The van der Waals surface area contributed by atoms with Gasteiger partial charge in [0, 0.05) is 6.04 Å². The van der Waals surface area contributed by atoms with E-state index in [1.165, 1.54) is 103 Å². The summed E-state index contributed by atoms with van der Waals surface area (Å²) in [7, 11) is 0. The highest BCUT2D eigenvalue weighted by Gasteiger charge is 2.44. The molecule has 0 aromatic rings. The smallest absolute Gasteiger partial charge is 0.0678 e. The highest BCUT2D eigenvalue weighted by molar-refractivity contribution is 4.98. The molecule has 0 saturated carbocycles. The molecular formula is C24H49NO. The van der Waals surface area contributed by atoms with Crippen LogP contribution in [0.25, 0.3) is 0 Å². The van der Waals surface area contributed by atoms with E-state index in [1.807, 2.05) is 0 Å². The molecule has 2 nitrogen and oxygen atoms in total. The minimum absolute atomic E-state index is 0.354. The quantitative estimate of drug-likeness (QED) is 0.235. The molecule has 0 spiro atoms. The Bertz CT molecular complexity index is 294. The summed E-state index contributed by atoms with van der Waals surface area (Å²) in [5, 5.41) is 0. The number of ether oxygens (including phenoxy) is 1. The molecule has 0 aliphatic carbocycles. The second-order valence-electron chi connectivity index (χ2n) is 8.68. The van der Waals surface area contributed by atoms with E-state index in [4.69, 9.17) is 4.74 Å². The van der Waals surface area contributed by atoms with E-state index in [0.29, 0.717) is 5.54 Å². The number of nitrogens with zero attached hydrogens (tertiary/aromatic N) is 1. The summed E-state index contributed by atoms with van der Waals surface area (Å²) in [5.74, 6) is 0. The van der Waals surface area contributed by atoms with Crippen molar-refractivity contribution in [2.75, 3.05) is 19.8 Å². The predicted molar refractivity (Wildman–Crippen MR) is 116 cm³/mol. The molecule has 156 valence electrons. The van der Waals surface area contributed by atoms with Crippen molar-refractivity contribution in [1.82, 2.24) is 4.90 Å². The van der Waals surface area contributed by atoms with Crippen LogP contribution in [-0.4, -0.2) is 36.2 Å². The lowest BCUT2D eigenvalue weighted by Crippen LogP contribution is -2.64. The van der Waals surface area contributed by atoms with E-state index < -0.39 is 0 Å². The third kappa shape index (κ3) is 8.30. The Morgan fingerprint density at radius 3 is 1.58 bits per heavy atom. The summed E-state index contributed by atoms with van der Waals surface area (Å²) in [6.07, 6.45) is 20.8. The van der Waals surface area contributed by atoms with Gasteiger partial charge in [0.2, 0.25) is 0 Å². The molecular weight excluding hydrogens is 318 g/mol. The zero-order chi connectivity index (χ0) is 19.1. The molecule has 0 amide bonds. The lowest BCUT2D eigenvalue weighted by atomic mass is 9.87. The van der Waals surface area contributed by atoms with Gasteiger partial charge in [-0.05, 0) is 32.2 Å². The lowest BCUT2D eigenvalue weighted by molar-refractivity contribution is -0.158. The predicted octanol–water partition coefficient (Wildman–Crippen LogP) is 7.36. The second-order valence-corrected chi connectivity index (χ2v) is 8.68. The lowest BCUT2D eigenvalue weighted by Gasteiger charge is -2.53. The molecule has 2 heteroatoms. The molecule has 1 heterocycles. The van der Waals surface area contributed by atoms with Gasteiger partial charge >= 0.3 is 0 Å². The van der Waals surface area contributed by atoms with E-state index in [0.717, 1.165) is 19.3 Å². The van der Waals surface area contributed by atoms with Gasteiger partial charge < -0.3 is 4.74 Å². The Labute approximate surface area is 165 Å². The molecule has 0 bridgehead atoms. The molecule has 1 saturated heterocycles. The van der Waals surface area contributed by atoms with Crippen molar-refractivity contribution in [1.29, 1.82) is 0 Å². The van der Waals surface area contributed by atoms with Gasteiger partial charge in [-0.15, -0.1) is 0 Å². The van der Waals surface area contributed by atoms with Gasteiger partial charge in [0.05, 0.1) is 18.8 Å². The van der Waals surface area contributed by atoms with Crippen LogP contribution >= 0.6 is 0 Å². The van der Waals surface area contributed by atoms with Crippen molar-refractivity contribution in [3.8, 4) is 0 Å². The van der Waals surface area contributed by atoms with Crippen LogP contribution in [0.4, 0.5) is 0 Å². The average molecular weight is 368 g/mol. The minimum atomic E-state index is 0.354. The molecule has 0 radical (unpaired) electrons. The maximum absolute atomic E-state index is 5.71. The first kappa shape index (κ1) is 24.0. The Morgan fingerprint density at radius 1 is 0.692 bits per heavy atom. The van der Waals surface area contributed by atoms with Crippen molar-refractivity contribution in [2.24, 2.45) is 0 Å². The summed E-state index contributed by atoms with van der Waals surface area (Å²) in [6.45, 7) is 12.5. The van der Waals surface area contributed by atoms with Gasteiger partial charge in [-0.3, -0.25) is 4.90 Å². The van der Waals surface area contributed by atoms with Crippen LogP contribution in [0.3, 0.4) is 0 Å². The van der Waals surface area contributed by atoms with Crippen molar-refractivity contribution < 1.29 is 4.74 Å². The van der Waals surface area contributed by atoms with Crippen LogP contribution in [0.2, 0.25) is 0 Å². The summed E-state index contributed by atoms with van der Waals surface area (Å²) in [5.41, 5.74) is 0.354. The van der Waals surface area contributed by atoms with E-state index in [9.17, 15) is 0 Å². The van der Waals surface area contributed by atoms with Crippen LogP contribution < -0.4 is 0 Å². The molecule has 0 aromatic carbocycles. The molecule has 0 atom stereocenters. The molecule has 26 heavy (non-hydrogen) atoms. The highest BCUT2D eigenvalue weighted by atomic mass is 16.5. The molecule has 0 unspecified atom stereocenters. The van der Waals surface area contributed by atoms with Crippen LogP contribution in [0, 0.1) is 0 Å². The first-order valence-corrected chi connectivity index (χ1v) is 12.1. The zero-order valence-electron chi connectivity index (χ0n) is 18.7. The maximum atomic E-state index is 5.71. The van der Waals surface area contributed by atoms with Crippen LogP contribution in [0.1, 0.15) is 124 Å². The first-order valence-electron chi connectivity index (χ1n) is 12.1. The van der Waals surface area contributed by atoms with E-state index in [1.54, 1.807) is 0 Å². The minimum Gasteiger partial charge on any atom is -0.377 e. The fraction of sp³-hybridized carbons (Fsp3) is 1.00.